The maximum atomic E-state index is 6.29. The molecule has 2 heterocycles. The second-order valence-corrected chi connectivity index (χ2v) is 8.71. The van der Waals surface area contributed by atoms with Gasteiger partial charge in [-0.3, -0.25) is 0 Å². The van der Waals surface area contributed by atoms with Gasteiger partial charge in [0.1, 0.15) is 6.61 Å². The molecule has 0 bridgehead atoms. The van der Waals surface area contributed by atoms with E-state index in [-0.39, 0.29) is 0 Å². The Morgan fingerprint density at radius 1 is 0.767 bits per heavy atom. The first-order valence-corrected chi connectivity index (χ1v) is 10.4. The Balaban J connectivity index is 1.62. The third-order valence-corrected chi connectivity index (χ3v) is 5.93. The third kappa shape index (κ3) is 4.42. The van der Waals surface area contributed by atoms with Gasteiger partial charge in [0.05, 0.1) is 11.2 Å². The van der Waals surface area contributed by atoms with Crippen LogP contribution in [-0.2, 0) is 22.3 Å². The van der Waals surface area contributed by atoms with E-state index in [2.05, 4.69) is 39.8 Å². The molecule has 0 amide bonds. The molecular weight excluding hydrogens is 373 g/mol. The van der Waals surface area contributed by atoms with Gasteiger partial charge in [0, 0.05) is 17.6 Å². The second kappa shape index (κ2) is 8.25. The van der Waals surface area contributed by atoms with Crippen LogP contribution in [0.1, 0.15) is 44.5 Å². The molecule has 2 aromatic carbocycles. The van der Waals surface area contributed by atoms with Crippen LogP contribution < -0.4 is 10.2 Å². The molecule has 0 unspecified atom stereocenters. The standard InChI is InChI=1S/C25H28BNO3/c1-24(2)25(3,4)30-26(29-24)21-15-16-23(28-18-20-13-9-6-10-14-20)27-22(21)17-19-11-7-5-8-12-19/h5-16H,17-18H2,1-4H3. The second-order valence-electron chi connectivity index (χ2n) is 8.71. The minimum Gasteiger partial charge on any atom is -0.473 e. The minimum atomic E-state index is -0.454. The number of rotatable bonds is 6. The largest absolute Gasteiger partial charge is 0.496 e. The highest BCUT2D eigenvalue weighted by atomic mass is 16.7. The van der Waals surface area contributed by atoms with Gasteiger partial charge < -0.3 is 14.0 Å². The first-order chi connectivity index (χ1) is 14.3. The molecule has 0 N–H and O–H groups in total. The van der Waals surface area contributed by atoms with Gasteiger partial charge in [-0.25, -0.2) is 4.98 Å². The Kier molecular flexibility index (Phi) is 5.67. The molecule has 0 atom stereocenters. The summed E-state index contributed by atoms with van der Waals surface area (Å²) in [5, 5.41) is 0. The van der Waals surface area contributed by atoms with E-state index < -0.39 is 18.3 Å². The Morgan fingerprint density at radius 3 is 1.93 bits per heavy atom. The van der Waals surface area contributed by atoms with Crippen LogP contribution >= 0.6 is 0 Å². The monoisotopic (exact) mass is 401 g/mol. The van der Waals surface area contributed by atoms with E-state index in [0.29, 0.717) is 18.9 Å². The third-order valence-electron chi connectivity index (χ3n) is 5.93. The summed E-state index contributed by atoms with van der Waals surface area (Å²) < 4.78 is 18.6. The highest BCUT2D eigenvalue weighted by molar-refractivity contribution is 6.62. The van der Waals surface area contributed by atoms with E-state index in [9.17, 15) is 0 Å². The summed E-state index contributed by atoms with van der Waals surface area (Å²) >= 11 is 0. The molecule has 5 heteroatoms. The number of hydrogen-bond donors (Lipinski definition) is 0. The summed E-state index contributed by atoms with van der Waals surface area (Å²) in [5.74, 6) is 0.602. The number of hydrogen-bond acceptors (Lipinski definition) is 4. The van der Waals surface area contributed by atoms with Crippen molar-refractivity contribution in [3.63, 3.8) is 0 Å². The van der Waals surface area contributed by atoms with Crippen molar-refractivity contribution in [1.82, 2.24) is 4.98 Å². The van der Waals surface area contributed by atoms with Crippen LogP contribution in [-0.4, -0.2) is 23.3 Å². The first kappa shape index (κ1) is 20.6. The average Bonchev–Trinajstić information content (AvgIpc) is 2.95. The van der Waals surface area contributed by atoms with Crippen LogP contribution in [0.4, 0.5) is 0 Å². The maximum absolute atomic E-state index is 6.29. The predicted molar refractivity (Wildman–Crippen MR) is 120 cm³/mol. The molecule has 4 nitrogen and oxygen atoms in total. The van der Waals surface area contributed by atoms with Crippen LogP contribution in [0.3, 0.4) is 0 Å². The SMILES string of the molecule is CC1(C)OB(c2ccc(OCc3ccccc3)nc2Cc2ccccc2)OC1(C)C. The van der Waals surface area contributed by atoms with Crippen molar-refractivity contribution < 1.29 is 14.0 Å². The summed E-state index contributed by atoms with van der Waals surface area (Å²) in [6, 6.07) is 24.3. The Labute approximate surface area is 179 Å². The molecule has 1 saturated heterocycles. The Morgan fingerprint density at radius 2 is 1.33 bits per heavy atom. The molecule has 30 heavy (non-hydrogen) atoms. The summed E-state index contributed by atoms with van der Waals surface area (Å²) in [7, 11) is -0.454. The fourth-order valence-electron chi connectivity index (χ4n) is 3.42. The smallest absolute Gasteiger partial charge is 0.473 e. The molecule has 1 aromatic heterocycles. The van der Waals surface area contributed by atoms with Crippen molar-refractivity contribution >= 4 is 12.6 Å². The van der Waals surface area contributed by atoms with Gasteiger partial charge in [-0.2, -0.15) is 0 Å². The van der Waals surface area contributed by atoms with Gasteiger partial charge in [-0.05, 0) is 44.9 Å². The van der Waals surface area contributed by atoms with Gasteiger partial charge in [-0.15, -0.1) is 0 Å². The van der Waals surface area contributed by atoms with Gasteiger partial charge in [0.25, 0.3) is 0 Å². The predicted octanol–water partition coefficient (Wildman–Crippen LogP) is 4.55. The summed E-state index contributed by atoms with van der Waals surface area (Å²) in [5.41, 5.74) is 3.35. The molecule has 0 aliphatic carbocycles. The lowest BCUT2D eigenvalue weighted by Gasteiger charge is -2.32. The van der Waals surface area contributed by atoms with E-state index >= 15 is 0 Å². The number of ether oxygens (including phenoxy) is 1. The lowest BCUT2D eigenvalue weighted by atomic mass is 9.76. The van der Waals surface area contributed by atoms with Gasteiger partial charge in [0.15, 0.2) is 0 Å². The zero-order chi connectivity index (χ0) is 21.2. The Hall–Kier alpha value is -2.63. The quantitative estimate of drug-likeness (QED) is 0.569. The van der Waals surface area contributed by atoms with Crippen LogP contribution in [0, 0.1) is 0 Å². The number of aromatic nitrogens is 1. The maximum Gasteiger partial charge on any atom is 0.496 e. The molecule has 154 valence electrons. The van der Waals surface area contributed by atoms with Crippen LogP contribution in [0.2, 0.25) is 0 Å². The fraction of sp³-hybridized carbons (Fsp3) is 0.320. The summed E-state index contributed by atoms with van der Waals surface area (Å²) in [4.78, 5) is 4.84. The van der Waals surface area contributed by atoms with E-state index in [4.69, 9.17) is 19.0 Å². The molecule has 0 saturated carbocycles. The van der Waals surface area contributed by atoms with E-state index in [1.54, 1.807) is 0 Å². The van der Waals surface area contributed by atoms with Crippen LogP contribution in [0.15, 0.2) is 72.8 Å². The molecular formula is C25H28BNO3. The summed E-state index contributed by atoms with van der Waals surface area (Å²) in [6.45, 7) is 8.74. The topological polar surface area (TPSA) is 40.6 Å². The molecule has 1 fully saturated rings. The first-order valence-electron chi connectivity index (χ1n) is 10.4. The van der Waals surface area contributed by atoms with Crippen LogP contribution in [0.25, 0.3) is 0 Å². The highest BCUT2D eigenvalue weighted by Gasteiger charge is 2.52. The number of nitrogens with zero attached hydrogens (tertiary/aromatic N) is 1. The summed E-state index contributed by atoms with van der Waals surface area (Å²) in [6.07, 6.45) is 0.683. The van der Waals surface area contributed by atoms with Crippen molar-refractivity contribution in [3.8, 4) is 5.88 Å². The van der Waals surface area contributed by atoms with Gasteiger partial charge in [-0.1, -0.05) is 66.7 Å². The van der Waals surface area contributed by atoms with Crippen molar-refractivity contribution in [2.24, 2.45) is 0 Å². The van der Waals surface area contributed by atoms with Crippen molar-refractivity contribution in [2.75, 3.05) is 0 Å². The molecule has 3 aromatic rings. The van der Waals surface area contributed by atoms with Crippen LogP contribution in [0.5, 0.6) is 5.88 Å². The molecule has 1 aliphatic rings. The fourth-order valence-corrected chi connectivity index (χ4v) is 3.42. The lowest BCUT2D eigenvalue weighted by Crippen LogP contribution is -2.41. The van der Waals surface area contributed by atoms with Gasteiger partial charge >= 0.3 is 7.12 Å². The lowest BCUT2D eigenvalue weighted by molar-refractivity contribution is 0.00578. The average molecular weight is 401 g/mol. The zero-order valence-corrected chi connectivity index (χ0v) is 18.1. The Bertz CT molecular complexity index is 974. The van der Waals surface area contributed by atoms with Crippen molar-refractivity contribution in [1.29, 1.82) is 0 Å². The van der Waals surface area contributed by atoms with Crippen molar-refractivity contribution in [3.05, 3.63) is 89.6 Å². The van der Waals surface area contributed by atoms with E-state index in [1.807, 2.05) is 60.7 Å². The molecule has 0 spiro atoms. The van der Waals surface area contributed by atoms with E-state index in [1.165, 1.54) is 5.56 Å². The number of benzene rings is 2. The zero-order valence-electron chi connectivity index (χ0n) is 18.1. The number of pyridine rings is 1. The van der Waals surface area contributed by atoms with Crippen molar-refractivity contribution in [2.45, 2.75) is 51.9 Å². The molecule has 1 aliphatic heterocycles. The molecule has 4 rings (SSSR count). The van der Waals surface area contributed by atoms with E-state index in [0.717, 1.165) is 16.7 Å². The van der Waals surface area contributed by atoms with Gasteiger partial charge in [0.2, 0.25) is 5.88 Å². The molecule has 0 radical (unpaired) electrons. The normalized spacial score (nSPS) is 17.1. The highest BCUT2D eigenvalue weighted by Crippen LogP contribution is 2.36. The minimum absolute atomic E-state index is 0.399.